The molecular formula is C17H16N2O12. The van der Waals surface area contributed by atoms with Crippen LogP contribution in [0, 0.1) is 20.2 Å². The number of nitro benzene ring substituents is 2. The van der Waals surface area contributed by atoms with Crippen molar-refractivity contribution in [1.29, 1.82) is 0 Å². The topological polar surface area (TPSA) is 209 Å². The molecule has 14 heteroatoms. The Labute approximate surface area is 173 Å². The number of methoxy groups -OCH3 is 3. The summed E-state index contributed by atoms with van der Waals surface area (Å²) in [5.41, 5.74) is -2.03. The second-order valence-electron chi connectivity index (χ2n) is 5.39. The molecule has 0 aromatic heterocycles. The number of carbonyl (C=O) groups is 2. The van der Waals surface area contributed by atoms with E-state index >= 15 is 0 Å². The number of ether oxygens (including phenoxy) is 3. The normalized spacial score (nSPS) is 9.65. The zero-order chi connectivity index (χ0) is 23.9. The number of benzene rings is 2. The Kier molecular flexibility index (Phi) is 8.07. The summed E-state index contributed by atoms with van der Waals surface area (Å²) in [6, 6.07) is 3.53. The standard InChI is InChI=1S/C9H9NO6.C8H7NO6/c1-15-8-4-6(10(13)14)5(3-7(8)11)9(12)16-2;1-15-7-3-5(9(13)14)4(8(11)12)2-6(7)10/h3-4,11H,1-2H3;2-3,10H,1H3,(H,11,12). The first-order valence-corrected chi connectivity index (χ1v) is 7.90. The fraction of sp³-hybridized carbons (Fsp3) is 0.176. The van der Waals surface area contributed by atoms with Crippen LogP contribution >= 0.6 is 0 Å². The molecule has 0 fully saturated rings. The van der Waals surface area contributed by atoms with Gasteiger partial charge in [-0.25, -0.2) is 9.59 Å². The number of carboxylic acids is 1. The van der Waals surface area contributed by atoms with Gasteiger partial charge in [0.2, 0.25) is 0 Å². The number of nitrogens with zero attached hydrogens (tertiary/aromatic N) is 2. The van der Waals surface area contributed by atoms with Crippen LogP contribution in [0.1, 0.15) is 20.7 Å². The van der Waals surface area contributed by atoms with Gasteiger partial charge < -0.3 is 29.5 Å². The van der Waals surface area contributed by atoms with E-state index in [1.54, 1.807) is 0 Å². The number of hydrogen-bond acceptors (Lipinski definition) is 11. The second kappa shape index (κ2) is 10.2. The fourth-order valence-corrected chi connectivity index (χ4v) is 2.19. The number of aromatic carboxylic acids is 1. The molecule has 0 bridgehead atoms. The van der Waals surface area contributed by atoms with Gasteiger partial charge in [-0.05, 0) is 0 Å². The van der Waals surface area contributed by atoms with E-state index in [4.69, 9.17) is 9.84 Å². The van der Waals surface area contributed by atoms with Crippen molar-refractivity contribution in [2.45, 2.75) is 0 Å². The van der Waals surface area contributed by atoms with Gasteiger partial charge in [0, 0.05) is 12.1 Å². The van der Waals surface area contributed by atoms with Crippen molar-refractivity contribution in [3.05, 3.63) is 55.6 Å². The molecular weight excluding hydrogens is 424 g/mol. The molecule has 0 unspecified atom stereocenters. The Morgan fingerprint density at radius 3 is 1.52 bits per heavy atom. The molecule has 0 saturated heterocycles. The summed E-state index contributed by atoms with van der Waals surface area (Å²) in [5.74, 6) is -3.44. The number of hydrogen-bond donors (Lipinski definition) is 3. The van der Waals surface area contributed by atoms with Gasteiger partial charge in [-0.1, -0.05) is 0 Å². The van der Waals surface area contributed by atoms with Crippen LogP contribution in [0.15, 0.2) is 24.3 Å². The smallest absolute Gasteiger partial charge is 0.345 e. The predicted octanol–water partition coefficient (Wildman–Crippen LogP) is 2.10. The van der Waals surface area contributed by atoms with Crippen molar-refractivity contribution < 1.29 is 49.0 Å². The van der Waals surface area contributed by atoms with Crippen LogP contribution in [0.25, 0.3) is 0 Å². The molecule has 0 aliphatic heterocycles. The predicted molar refractivity (Wildman–Crippen MR) is 101 cm³/mol. The van der Waals surface area contributed by atoms with Crippen molar-refractivity contribution in [2.75, 3.05) is 21.3 Å². The summed E-state index contributed by atoms with van der Waals surface area (Å²) < 4.78 is 13.7. The zero-order valence-corrected chi connectivity index (χ0v) is 16.2. The molecule has 31 heavy (non-hydrogen) atoms. The summed E-state index contributed by atoms with van der Waals surface area (Å²) in [7, 11) is 3.54. The van der Waals surface area contributed by atoms with Gasteiger partial charge in [-0.15, -0.1) is 0 Å². The van der Waals surface area contributed by atoms with E-state index in [1.807, 2.05) is 0 Å². The van der Waals surface area contributed by atoms with Crippen LogP contribution in [-0.4, -0.2) is 58.4 Å². The average molecular weight is 440 g/mol. The molecule has 0 aliphatic rings. The minimum atomic E-state index is -1.49. The maximum atomic E-state index is 11.2. The average Bonchev–Trinajstić information content (AvgIpc) is 2.72. The largest absolute Gasteiger partial charge is 0.504 e. The number of carboxylic acid groups (broad SMARTS) is 1. The van der Waals surface area contributed by atoms with Gasteiger partial charge in [0.05, 0.1) is 43.3 Å². The Morgan fingerprint density at radius 1 is 0.806 bits per heavy atom. The van der Waals surface area contributed by atoms with E-state index in [2.05, 4.69) is 9.47 Å². The molecule has 166 valence electrons. The summed E-state index contributed by atoms with van der Waals surface area (Å²) in [4.78, 5) is 41.4. The SMILES string of the molecule is COC(=O)c1cc(O)c(OC)cc1[N+](=O)[O-].COc1cc([N+](=O)[O-])c(C(=O)O)cc1O. The highest BCUT2D eigenvalue weighted by molar-refractivity contribution is 5.95. The molecule has 0 spiro atoms. The quantitative estimate of drug-likeness (QED) is 0.335. The Bertz CT molecular complexity index is 1030. The van der Waals surface area contributed by atoms with Crippen LogP contribution in [0.5, 0.6) is 23.0 Å². The summed E-state index contributed by atoms with van der Waals surface area (Å²) >= 11 is 0. The van der Waals surface area contributed by atoms with Gasteiger partial charge in [0.15, 0.2) is 23.0 Å². The lowest BCUT2D eigenvalue weighted by atomic mass is 10.1. The molecule has 0 saturated carbocycles. The molecule has 2 aromatic carbocycles. The number of aromatic hydroxyl groups is 2. The minimum Gasteiger partial charge on any atom is -0.504 e. The van der Waals surface area contributed by atoms with E-state index in [0.29, 0.717) is 0 Å². The lowest BCUT2D eigenvalue weighted by Crippen LogP contribution is -2.06. The Hall–Kier alpha value is -4.62. The van der Waals surface area contributed by atoms with Crippen LogP contribution in [0.2, 0.25) is 0 Å². The maximum Gasteiger partial charge on any atom is 0.345 e. The first-order chi connectivity index (χ1) is 14.5. The summed E-state index contributed by atoms with van der Waals surface area (Å²) in [6.07, 6.45) is 0. The summed E-state index contributed by atoms with van der Waals surface area (Å²) in [5, 5.41) is 48.5. The zero-order valence-electron chi connectivity index (χ0n) is 16.2. The highest BCUT2D eigenvalue weighted by atomic mass is 16.6. The Balaban J connectivity index is 0.000000311. The molecule has 0 radical (unpaired) electrons. The van der Waals surface area contributed by atoms with E-state index in [1.165, 1.54) is 14.2 Å². The molecule has 0 heterocycles. The van der Waals surface area contributed by atoms with Crippen molar-refractivity contribution in [1.82, 2.24) is 0 Å². The van der Waals surface area contributed by atoms with Gasteiger partial charge in [0.25, 0.3) is 11.4 Å². The maximum absolute atomic E-state index is 11.2. The van der Waals surface area contributed by atoms with Gasteiger partial charge in [0.1, 0.15) is 11.1 Å². The molecule has 2 aromatic rings. The van der Waals surface area contributed by atoms with Crippen LogP contribution < -0.4 is 9.47 Å². The van der Waals surface area contributed by atoms with Gasteiger partial charge in [-0.2, -0.15) is 0 Å². The lowest BCUT2D eigenvalue weighted by molar-refractivity contribution is -0.385. The fourth-order valence-electron chi connectivity index (χ4n) is 2.19. The van der Waals surface area contributed by atoms with E-state index in [-0.39, 0.29) is 22.8 Å². The molecule has 0 amide bonds. The monoisotopic (exact) mass is 440 g/mol. The highest BCUT2D eigenvalue weighted by Crippen LogP contribution is 2.34. The first kappa shape index (κ1) is 24.4. The molecule has 2 rings (SSSR count). The van der Waals surface area contributed by atoms with E-state index in [9.17, 15) is 40.0 Å². The molecule has 0 aliphatic carbocycles. The van der Waals surface area contributed by atoms with Crippen molar-refractivity contribution in [2.24, 2.45) is 0 Å². The van der Waals surface area contributed by atoms with E-state index < -0.39 is 44.5 Å². The number of phenolic OH excluding ortho intramolecular Hbond substituents is 2. The van der Waals surface area contributed by atoms with Gasteiger partial charge in [-0.3, -0.25) is 20.2 Å². The van der Waals surface area contributed by atoms with Crippen LogP contribution in [0.3, 0.4) is 0 Å². The minimum absolute atomic E-state index is 0.0839. The molecule has 3 N–H and O–H groups in total. The molecule has 0 atom stereocenters. The van der Waals surface area contributed by atoms with Crippen molar-refractivity contribution in [3.63, 3.8) is 0 Å². The third-order valence-electron chi connectivity index (χ3n) is 3.62. The summed E-state index contributed by atoms with van der Waals surface area (Å²) in [6.45, 7) is 0. The third kappa shape index (κ3) is 5.69. The Morgan fingerprint density at radius 2 is 1.19 bits per heavy atom. The number of carbonyl (C=O) groups excluding carboxylic acids is 1. The lowest BCUT2D eigenvalue weighted by Gasteiger charge is -2.06. The second-order valence-corrected chi connectivity index (χ2v) is 5.39. The third-order valence-corrected chi connectivity index (χ3v) is 3.62. The van der Waals surface area contributed by atoms with Crippen molar-refractivity contribution >= 4 is 23.3 Å². The number of esters is 1. The van der Waals surface area contributed by atoms with Crippen LogP contribution in [-0.2, 0) is 4.74 Å². The number of phenols is 2. The van der Waals surface area contributed by atoms with Gasteiger partial charge >= 0.3 is 11.9 Å². The number of rotatable bonds is 6. The highest BCUT2D eigenvalue weighted by Gasteiger charge is 2.25. The number of nitro groups is 2. The van der Waals surface area contributed by atoms with Crippen LogP contribution in [0.4, 0.5) is 11.4 Å². The molecule has 14 nitrogen and oxygen atoms in total. The first-order valence-electron chi connectivity index (χ1n) is 7.90. The van der Waals surface area contributed by atoms with Crippen molar-refractivity contribution in [3.8, 4) is 23.0 Å². The van der Waals surface area contributed by atoms with E-state index in [0.717, 1.165) is 31.4 Å².